The quantitative estimate of drug-likeness (QED) is 0.0889. The van der Waals surface area contributed by atoms with Gasteiger partial charge < -0.3 is 49.1 Å². The average molecular weight is 940 g/mol. The van der Waals surface area contributed by atoms with Gasteiger partial charge in [-0.05, 0) is 44.4 Å². The van der Waals surface area contributed by atoms with Gasteiger partial charge in [-0.3, -0.25) is 14.4 Å². The summed E-state index contributed by atoms with van der Waals surface area (Å²) in [5, 5.41) is 41.1. The van der Waals surface area contributed by atoms with Gasteiger partial charge in [-0.25, -0.2) is 14.4 Å². The number of hydrogen-bond donors (Lipinski definition) is 4. The summed E-state index contributed by atoms with van der Waals surface area (Å²) in [5.41, 5.74) is -7.14. The SMILES string of the molecule is CC(=O)O[C@@]12CO[C@@H]1C[C@H](O)[C@@]1(C)C(O)C(=O)C3=C(C)[C@@H](OC(=O)[C@H](OC(=O)OCc4ccccc4)[C@@H](NC(=O)OC(C)(C)C)c4ccccc4)C[C@@](O)([C@@H](CC(=O)c4ccccc4)C12)C3(C)C. The first-order valence-corrected chi connectivity index (χ1v) is 22.8. The van der Waals surface area contributed by atoms with Crippen LogP contribution < -0.4 is 5.32 Å². The van der Waals surface area contributed by atoms with Crippen LogP contribution in [0.1, 0.15) is 102 Å². The van der Waals surface area contributed by atoms with E-state index in [2.05, 4.69) is 5.32 Å². The van der Waals surface area contributed by atoms with Crippen molar-refractivity contribution in [3.05, 3.63) is 119 Å². The van der Waals surface area contributed by atoms with Gasteiger partial charge in [-0.15, -0.1) is 0 Å². The molecule has 7 rings (SSSR count). The third kappa shape index (κ3) is 9.18. The molecule has 3 aromatic carbocycles. The highest BCUT2D eigenvalue weighted by Crippen LogP contribution is 2.66. The largest absolute Gasteiger partial charge is 0.509 e. The Bertz CT molecular complexity index is 2430. The van der Waals surface area contributed by atoms with E-state index in [1.54, 1.807) is 126 Å². The van der Waals surface area contributed by atoms with Gasteiger partial charge in [0.25, 0.3) is 0 Å². The van der Waals surface area contributed by atoms with Crippen molar-refractivity contribution in [2.45, 2.75) is 135 Å². The fourth-order valence-electron chi connectivity index (χ4n) is 11.1. The molecule has 16 heteroatoms. The molecule has 0 aromatic heterocycles. The predicted molar refractivity (Wildman–Crippen MR) is 242 cm³/mol. The number of alkyl carbamates (subject to hydrolysis) is 1. The summed E-state index contributed by atoms with van der Waals surface area (Å²) in [6.07, 6.45) is -11.3. The first-order valence-electron chi connectivity index (χ1n) is 22.8. The van der Waals surface area contributed by atoms with Crippen molar-refractivity contribution in [3.8, 4) is 0 Å². The van der Waals surface area contributed by atoms with Crippen LogP contribution in [-0.4, -0.2) is 105 Å². The van der Waals surface area contributed by atoms with E-state index < -0.39 is 125 Å². The number of carbonyl (C=O) groups excluding carboxylic acids is 6. The lowest BCUT2D eigenvalue weighted by Gasteiger charge is -2.69. The molecule has 0 radical (unpaired) electrons. The molecule has 68 heavy (non-hydrogen) atoms. The molecule has 1 aliphatic heterocycles. The Morgan fingerprint density at radius 3 is 2.07 bits per heavy atom. The number of benzene rings is 3. The highest BCUT2D eigenvalue weighted by Gasteiger charge is 2.76. The number of rotatable bonds is 12. The van der Waals surface area contributed by atoms with Crippen LogP contribution in [0.25, 0.3) is 0 Å². The van der Waals surface area contributed by atoms with Gasteiger partial charge in [-0.2, -0.15) is 0 Å². The van der Waals surface area contributed by atoms with Crippen LogP contribution in [0.2, 0.25) is 0 Å². The first-order chi connectivity index (χ1) is 31.9. The molecule has 0 spiro atoms. The summed E-state index contributed by atoms with van der Waals surface area (Å²) < 4.78 is 35.1. The van der Waals surface area contributed by atoms with Crippen LogP contribution in [-0.2, 0) is 49.4 Å². The smallest absolute Gasteiger partial charge is 0.455 e. The minimum absolute atomic E-state index is 0.124. The number of hydrogen-bond acceptors (Lipinski definition) is 15. The zero-order valence-electron chi connectivity index (χ0n) is 39.6. The van der Waals surface area contributed by atoms with Crippen LogP contribution in [0.15, 0.2) is 102 Å². The summed E-state index contributed by atoms with van der Waals surface area (Å²) in [7, 11) is 0. The second-order valence-corrected chi connectivity index (χ2v) is 20.1. The number of amides is 1. The summed E-state index contributed by atoms with van der Waals surface area (Å²) in [6.45, 7) is 11.8. The molecular formula is C52H61NO15. The zero-order chi connectivity index (χ0) is 49.6. The molecule has 4 aliphatic rings. The standard InChI is InChI=1S/C52H61NO15/c1-29-36(65-45(59)42(66-47(61)63-27-31-18-12-9-13-19-31)40(33-22-16-11-17-23-33)53-46(60)68-48(3,4)5)26-52(62)34(24-35(55)32-20-14-10-15-21-32)43-50(8,44(58)41(57)39(29)49(52,6)7)37(56)25-38-51(43,28-64-38)67-30(2)54/h9-23,34,36-38,40,42-44,56,58,62H,24-28H2,1-8H3,(H,53,60)/t34-,36-,37-,38+,40-,42+,43?,44?,50+,51-,52+/m0/s1. The molecule has 2 unspecified atom stereocenters. The number of aliphatic hydroxyl groups excluding tert-OH is 2. The van der Waals surface area contributed by atoms with Crippen molar-refractivity contribution >= 4 is 35.8 Å². The Kier molecular flexibility index (Phi) is 13.9. The van der Waals surface area contributed by atoms with E-state index >= 15 is 9.59 Å². The highest BCUT2D eigenvalue weighted by molar-refractivity contribution is 6.02. The molecule has 2 bridgehead atoms. The van der Waals surface area contributed by atoms with Gasteiger partial charge in [0.2, 0.25) is 6.10 Å². The lowest BCUT2D eigenvalue weighted by molar-refractivity contribution is -0.351. The Balaban J connectivity index is 1.36. The summed E-state index contributed by atoms with van der Waals surface area (Å²) in [6, 6.07) is 23.7. The average Bonchev–Trinajstić information content (AvgIpc) is 3.28. The van der Waals surface area contributed by atoms with Crippen LogP contribution in [0.4, 0.5) is 9.59 Å². The monoisotopic (exact) mass is 939 g/mol. The predicted octanol–water partition coefficient (Wildman–Crippen LogP) is 6.28. The van der Waals surface area contributed by atoms with E-state index in [9.17, 15) is 34.5 Å². The number of nitrogens with one attached hydrogen (secondary N) is 1. The minimum atomic E-state index is -2.23. The highest BCUT2D eigenvalue weighted by atomic mass is 16.7. The third-order valence-electron chi connectivity index (χ3n) is 14.5. The number of carbonyl (C=O) groups is 6. The van der Waals surface area contributed by atoms with Gasteiger partial charge in [0.1, 0.15) is 36.6 Å². The molecule has 11 atom stereocenters. The van der Waals surface area contributed by atoms with Crippen molar-refractivity contribution in [1.29, 1.82) is 0 Å². The zero-order valence-corrected chi connectivity index (χ0v) is 39.6. The van der Waals surface area contributed by atoms with E-state index in [0.717, 1.165) is 0 Å². The number of aliphatic hydroxyl groups is 3. The van der Waals surface area contributed by atoms with Crippen molar-refractivity contribution in [1.82, 2.24) is 5.32 Å². The Morgan fingerprint density at radius 2 is 1.50 bits per heavy atom. The van der Waals surface area contributed by atoms with E-state index in [0.29, 0.717) is 11.1 Å². The summed E-state index contributed by atoms with van der Waals surface area (Å²) >= 11 is 0. The summed E-state index contributed by atoms with van der Waals surface area (Å²) in [4.78, 5) is 84.9. The molecule has 2 saturated carbocycles. The van der Waals surface area contributed by atoms with Crippen molar-refractivity contribution < 1.29 is 72.5 Å². The maximum atomic E-state index is 15.2. The molecule has 364 valence electrons. The molecule has 4 N–H and O–H groups in total. The van der Waals surface area contributed by atoms with Crippen LogP contribution in [0.3, 0.4) is 0 Å². The molecule has 3 aromatic rings. The second-order valence-electron chi connectivity index (χ2n) is 20.1. The molecule has 1 heterocycles. The first kappa shape index (κ1) is 50.0. The van der Waals surface area contributed by atoms with E-state index in [1.165, 1.54) is 20.8 Å². The number of fused-ring (bicyclic) bond motifs is 5. The van der Waals surface area contributed by atoms with Gasteiger partial charge in [0, 0.05) is 60.0 Å². The van der Waals surface area contributed by atoms with Crippen LogP contribution >= 0.6 is 0 Å². The van der Waals surface area contributed by atoms with Crippen molar-refractivity contribution in [3.63, 3.8) is 0 Å². The second kappa shape index (κ2) is 18.9. The van der Waals surface area contributed by atoms with Gasteiger partial charge in [0.05, 0.1) is 18.3 Å². The van der Waals surface area contributed by atoms with Crippen molar-refractivity contribution in [2.75, 3.05) is 6.61 Å². The van der Waals surface area contributed by atoms with Gasteiger partial charge in [-0.1, -0.05) is 112 Å². The van der Waals surface area contributed by atoms with Crippen molar-refractivity contribution in [2.24, 2.45) is 22.7 Å². The number of ketones is 2. The Hall–Kier alpha value is -5.94. The van der Waals surface area contributed by atoms with Gasteiger partial charge in [0.15, 0.2) is 17.2 Å². The molecule has 1 amide bonds. The molecule has 1 saturated heterocycles. The lowest BCUT2D eigenvalue weighted by atomic mass is 9.41. The Labute approximate surface area is 395 Å². The number of ether oxygens (including phenoxy) is 6. The number of esters is 2. The molecule has 3 aliphatic carbocycles. The lowest BCUT2D eigenvalue weighted by Crippen LogP contribution is -2.80. The minimum Gasteiger partial charge on any atom is -0.455 e. The van der Waals surface area contributed by atoms with Gasteiger partial charge >= 0.3 is 24.2 Å². The van der Waals surface area contributed by atoms with E-state index in [4.69, 9.17) is 28.4 Å². The maximum absolute atomic E-state index is 15.2. The summed E-state index contributed by atoms with van der Waals surface area (Å²) in [5.74, 6) is -5.96. The fourth-order valence-corrected chi connectivity index (χ4v) is 11.1. The molecular weight excluding hydrogens is 879 g/mol. The number of Topliss-reactive ketones (excluding diaryl/α,β-unsaturated/α-hetero) is 2. The topological polar surface area (TPSA) is 231 Å². The molecule has 16 nitrogen and oxygen atoms in total. The normalized spacial score (nSPS) is 30.3. The maximum Gasteiger partial charge on any atom is 0.509 e. The van der Waals surface area contributed by atoms with Crippen LogP contribution in [0, 0.1) is 22.7 Å². The molecule has 3 fully saturated rings. The van der Waals surface area contributed by atoms with Crippen LogP contribution in [0.5, 0.6) is 0 Å². The van der Waals surface area contributed by atoms with E-state index in [1.807, 2.05) is 0 Å². The Morgan fingerprint density at radius 1 is 0.897 bits per heavy atom. The third-order valence-corrected chi connectivity index (χ3v) is 14.5. The van der Waals surface area contributed by atoms with E-state index in [-0.39, 0.29) is 36.3 Å². The fraction of sp³-hybridized carbons (Fsp3) is 0.500.